The van der Waals surface area contributed by atoms with Crippen molar-refractivity contribution in [3.05, 3.63) is 45.9 Å². The summed E-state index contributed by atoms with van der Waals surface area (Å²) < 4.78 is 0. The third kappa shape index (κ3) is 2.77. The van der Waals surface area contributed by atoms with Gasteiger partial charge in [-0.3, -0.25) is 5.32 Å². The molecule has 0 saturated heterocycles. The molecule has 1 aromatic heterocycles. The fourth-order valence-electron chi connectivity index (χ4n) is 1.75. The van der Waals surface area contributed by atoms with Gasteiger partial charge >= 0.3 is 6.03 Å². The van der Waals surface area contributed by atoms with Crippen LogP contribution in [0.15, 0.2) is 29.6 Å². The van der Waals surface area contributed by atoms with E-state index in [0.717, 1.165) is 5.56 Å². The molecule has 102 valence electrons. The summed E-state index contributed by atoms with van der Waals surface area (Å²) in [6.07, 6.45) is 5.69. The fraction of sp³-hybridized carbons (Fsp3) is 0.143. The number of aromatic nitrogens is 1. The van der Waals surface area contributed by atoms with Crippen LogP contribution in [0.3, 0.4) is 0 Å². The zero-order valence-electron chi connectivity index (χ0n) is 10.7. The van der Waals surface area contributed by atoms with Gasteiger partial charge in [0.1, 0.15) is 0 Å². The van der Waals surface area contributed by atoms with Crippen molar-refractivity contribution < 1.29 is 4.79 Å². The molecule has 2 amide bonds. The lowest BCUT2D eigenvalue weighted by atomic mass is 9.81. The number of carbonyl (C=O) groups excluding carboxylic acids is 1. The number of amides is 2. The Hall–Kier alpha value is -2.03. The molecule has 1 atom stereocenters. The molecule has 0 aliphatic rings. The van der Waals surface area contributed by atoms with E-state index in [-0.39, 0.29) is 0 Å². The van der Waals surface area contributed by atoms with Crippen molar-refractivity contribution in [2.75, 3.05) is 5.32 Å². The topological polar surface area (TPSA) is 68.0 Å². The molecule has 4 nitrogen and oxygen atoms in total. The molecule has 0 radical (unpaired) electrons. The summed E-state index contributed by atoms with van der Waals surface area (Å²) in [6, 6.07) is 6.63. The average molecular weight is 306 g/mol. The van der Waals surface area contributed by atoms with Crippen molar-refractivity contribution in [1.29, 1.82) is 0 Å². The number of thiazole rings is 1. The Morgan fingerprint density at radius 2 is 2.15 bits per heavy atom. The number of rotatable bonds is 3. The first kappa shape index (κ1) is 14.4. The lowest BCUT2D eigenvalue weighted by Crippen LogP contribution is -2.23. The summed E-state index contributed by atoms with van der Waals surface area (Å²) in [4.78, 5) is 15.2. The van der Waals surface area contributed by atoms with Gasteiger partial charge in [-0.05, 0) is 24.6 Å². The molecule has 2 rings (SSSR count). The van der Waals surface area contributed by atoms with Gasteiger partial charge in [-0.25, -0.2) is 9.78 Å². The SMILES string of the molecule is C#C[C@](C)(c1ccc(Cl)cc1)c1csc(NC(N)=O)n1. The van der Waals surface area contributed by atoms with Crippen LogP contribution in [-0.4, -0.2) is 11.0 Å². The first-order valence-electron chi connectivity index (χ1n) is 5.72. The number of benzene rings is 1. The van der Waals surface area contributed by atoms with Crippen LogP contribution in [0.25, 0.3) is 0 Å². The highest BCUT2D eigenvalue weighted by Gasteiger charge is 2.29. The highest BCUT2D eigenvalue weighted by molar-refractivity contribution is 7.13. The monoisotopic (exact) mass is 305 g/mol. The van der Waals surface area contributed by atoms with Gasteiger partial charge in [-0.15, -0.1) is 17.8 Å². The Labute approximate surface area is 126 Å². The molecule has 20 heavy (non-hydrogen) atoms. The van der Waals surface area contributed by atoms with E-state index in [1.807, 2.05) is 19.1 Å². The van der Waals surface area contributed by atoms with Crippen molar-refractivity contribution in [2.45, 2.75) is 12.3 Å². The number of hydrogen-bond acceptors (Lipinski definition) is 3. The van der Waals surface area contributed by atoms with Crippen LogP contribution in [-0.2, 0) is 5.41 Å². The number of urea groups is 1. The number of nitrogens with one attached hydrogen (secondary N) is 1. The number of nitrogens with two attached hydrogens (primary N) is 1. The van der Waals surface area contributed by atoms with Crippen LogP contribution >= 0.6 is 22.9 Å². The highest BCUT2D eigenvalue weighted by Crippen LogP contribution is 2.33. The Morgan fingerprint density at radius 3 is 2.70 bits per heavy atom. The molecule has 0 fully saturated rings. The standard InChI is InChI=1S/C14H12ClN3OS/c1-3-14(2,9-4-6-10(15)7-5-9)11-8-20-13(17-11)18-12(16)19/h1,4-8H,2H3,(H3,16,17,18,19)/t14-/m1/s1. The van der Waals surface area contributed by atoms with E-state index in [0.29, 0.717) is 15.8 Å². The van der Waals surface area contributed by atoms with E-state index in [9.17, 15) is 4.79 Å². The minimum absolute atomic E-state index is 0.419. The van der Waals surface area contributed by atoms with Crippen molar-refractivity contribution in [1.82, 2.24) is 4.98 Å². The first-order valence-corrected chi connectivity index (χ1v) is 6.98. The highest BCUT2D eigenvalue weighted by atomic mass is 35.5. The van der Waals surface area contributed by atoms with Crippen LogP contribution < -0.4 is 11.1 Å². The smallest absolute Gasteiger partial charge is 0.318 e. The molecule has 6 heteroatoms. The Bertz CT molecular complexity index is 674. The number of hydrogen-bond donors (Lipinski definition) is 2. The van der Waals surface area contributed by atoms with Crippen LogP contribution in [0.4, 0.5) is 9.93 Å². The minimum atomic E-state index is -0.696. The number of terminal acetylenes is 1. The van der Waals surface area contributed by atoms with Gasteiger partial charge in [0.2, 0.25) is 0 Å². The summed E-state index contributed by atoms with van der Waals surface area (Å²) in [7, 11) is 0. The van der Waals surface area contributed by atoms with Crippen LogP contribution in [0, 0.1) is 12.3 Å². The van der Waals surface area contributed by atoms with E-state index in [1.165, 1.54) is 11.3 Å². The third-order valence-electron chi connectivity index (χ3n) is 2.96. The largest absolute Gasteiger partial charge is 0.351 e. The second-order valence-electron chi connectivity index (χ2n) is 4.30. The van der Waals surface area contributed by atoms with Crippen molar-refractivity contribution in [3.8, 4) is 12.3 Å². The Kier molecular flexibility index (Phi) is 3.98. The molecular formula is C14H12ClN3OS. The zero-order valence-corrected chi connectivity index (χ0v) is 12.3. The molecule has 0 aliphatic carbocycles. The molecule has 0 spiro atoms. The lowest BCUT2D eigenvalue weighted by molar-refractivity contribution is 0.259. The lowest BCUT2D eigenvalue weighted by Gasteiger charge is -2.22. The Balaban J connectivity index is 2.40. The number of anilines is 1. The van der Waals surface area contributed by atoms with E-state index >= 15 is 0 Å². The summed E-state index contributed by atoms with van der Waals surface area (Å²) in [6.45, 7) is 1.89. The summed E-state index contributed by atoms with van der Waals surface area (Å²) in [5.41, 5.74) is 5.95. The van der Waals surface area contributed by atoms with Gasteiger partial charge in [0.05, 0.1) is 11.1 Å². The zero-order chi connectivity index (χ0) is 14.8. The molecule has 3 N–H and O–H groups in total. The van der Waals surface area contributed by atoms with Gasteiger partial charge in [0, 0.05) is 10.4 Å². The maximum absolute atomic E-state index is 10.8. The summed E-state index contributed by atoms with van der Waals surface area (Å²) >= 11 is 7.16. The van der Waals surface area contributed by atoms with Gasteiger partial charge in [0.15, 0.2) is 5.13 Å². The van der Waals surface area contributed by atoms with Crippen LogP contribution in [0.2, 0.25) is 5.02 Å². The number of primary amides is 1. The van der Waals surface area contributed by atoms with Crippen molar-refractivity contribution in [3.63, 3.8) is 0 Å². The van der Waals surface area contributed by atoms with E-state index in [1.54, 1.807) is 17.5 Å². The summed E-state index contributed by atoms with van der Waals surface area (Å²) in [5, 5.41) is 5.30. The Morgan fingerprint density at radius 1 is 1.50 bits per heavy atom. The molecule has 2 aromatic rings. The maximum Gasteiger partial charge on any atom is 0.318 e. The van der Waals surface area contributed by atoms with Gasteiger partial charge in [-0.2, -0.15) is 0 Å². The average Bonchev–Trinajstić information content (AvgIpc) is 2.87. The molecule has 1 aromatic carbocycles. The third-order valence-corrected chi connectivity index (χ3v) is 3.97. The minimum Gasteiger partial charge on any atom is -0.351 e. The fourth-order valence-corrected chi connectivity index (χ4v) is 2.70. The number of carbonyl (C=O) groups is 1. The van der Waals surface area contributed by atoms with Crippen LogP contribution in [0.5, 0.6) is 0 Å². The predicted molar refractivity (Wildman–Crippen MR) is 82.1 cm³/mol. The molecule has 0 bridgehead atoms. The van der Waals surface area contributed by atoms with Crippen molar-refractivity contribution in [2.24, 2.45) is 5.73 Å². The molecule has 0 saturated carbocycles. The molecule has 0 aliphatic heterocycles. The van der Waals surface area contributed by atoms with E-state index < -0.39 is 11.4 Å². The molecule has 1 heterocycles. The van der Waals surface area contributed by atoms with E-state index in [4.69, 9.17) is 23.8 Å². The second-order valence-corrected chi connectivity index (χ2v) is 5.60. The maximum atomic E-state index is 10.8. The quantitative estimate of drug-likeness (QED) is 0.855. The van der Waals surface area contributed by atoms with Gasteiger partial charge < -0.3 is 5.73 Å². The normalized spacial score (nSPS) is 13.2. The van der Waals surface area contributed by atoms with Gasteiger partial charge in [-0.1, -0.05) is 29.7 Å². The van der Waals surface area contributed by atoms with Crippen LogP contribution in [0.1, 0.15) is 18.2 Å². The summed E-state index contributed by atoms with van der Waals surface area (Å²) in [5.74, 6) is 2.75. The predicted octanol–water partition coefficient (Wildman–Crippen LogP) is 3.23. The van der Waals surface area contributed by atoms with Crippen molar-refractivity contribution >= 4 is 34.1 Å². The number of halogens is 1. The van der Waals surface area contributed by atoms with Gasteiger partial charge in [0.25, 0.3) is 0 Å². The molecular weight excluding hydrogens is 294 g/mol. The molecule has 0 unspecified atom stereocenters. The number of nitrogens with zero attached hydrogens (tertiary/aromatic N) is 1. The van der Waals surface area contributed by atoms with E-state index in [2.05, 4.69) is 16.2 Å². The second kappa shape index (κ2) is 5.53. The first-order chi connectivity index (χ1) is 9.45.